The number of carbonyl (C=O) groups is 2. The fraction of sp³-hybridized carbons (Fsp3) is 0.714. The molecule has 0 aromatic heterocycles. The second-order valence-corrected chi connectivity index (χ2v) is 5.84. The number of ether oxygens (including phenoxy) is 1. The average Bonchev–Trinajstić information content (AvgIpc) is 2.69. The van der Waals surface area contributed by atoms with E-state index in [4.69, 9.17) is 4.74 Å². The van der Waals surface area contributed by atoms with Crippen LogP contribution in [0.5, 0.6) is 0 Å². The van der Waals surface area contributed by atoms with Crippen molar-refractivity contribution in [1.29, 1.82) is 0 Å². The lowest BCUT2D eigenvalue weighted by atomic mass is 9.72. The van der Waals surface area contributed by atoms with E-state index < -0.39 is 18.0 Å². The van der Waals surface area contributed by atoms with Crippen molar-refractivity contribution in [2.45, 2.75) is 44.4 Å². The number of rotatable bonds is 3. The number of carboxylic acids is 1. The number of fused-ring (bicyclic) bond motifs is 3. The van der Waals surface area contributed by atoms with Crippen LogP contribution < -0.4 is 0 Å². The predicted octanol–water partition coefficient (Wildman–Crippen LogP) is 0.362. The molecule has 1 aliphatic carbocycles. The SMILES string of the molecule is CO[C@@H]1CCC[C@@H]2C1=C(C(=O)O)N1C(=O)[C@H]([C@@H](C)O)C21. The summed E-state index contributed by atoms with van der Waals surface area (Å²) in [5, 5.41) is 19.2. The summed E-state index contributed by atoms with van der Waals surface area (Å²) in [7, 11) is 1.57. The van der Waals surface area contributed by atoms with E-state index in [0.717, 1.165) is 24.8 Å². The smallest absolute Gasteiger partial charge is 0.352 e. The topological polar surface area (TPSA) is 87.1 Å². The van der Waals surface area contributed by atoms with Crippen LogP contribution in [0.15, 0.2) is 11.3 Å². The molecule has 110 valence electrons. The third kappa shape index (κ3) is 1.58. The first kappa shape index (κ1) is 13.6. The fourth-order valence-electron chi connectivity index (χ4n) is 4.08. The van der Waals surface area contributed by atoms with Gasteiger partial charge in [-0.25, -0.2) is 4.79 Å². The van der Waals surface area contributed by atoms with Crippen molar-refractivity contribution in [2.75, 3.05) is 7.11 Å². The molecule has 0 aromatic rings. The number of methoxy groups -OCH3 is 1. The Bertz CT molecular complexity index is 498. The van der Waals surface area contributed by atoms with Crippen molar-refractivity contribution >= 4 is 11.9 Å². The molecule has 20 heavy (non-hydrogen) atoms. The van der Waals surface area contributed by atoms with Crippen molar-refractivity contribution in [1.82, 2.24) is 4.90 Å². The lowest BCUT2D eigenvalue weighted by Gasteiger charge is -2.47. The van der Waals surface area contributed by atoms with E-state index in [1.807, 2.05) is 0 Å². The van der Waals surface area contributed by atoms with Gasteiger partial charge >= 0.3 is 5.97 Å². The largest absolute Gasteiger partial charge is 0.477 e. The number of carbonyl (C=O) groups excluding carboxylic acids is 1. The van der Waals surface area contributed by atoms with Crippen LogP contribution in [0.25, 0.3) is 0 Å². The number of aliphatic carboxylic acids is 1. The summed E-state index contributed by atoms with van der Waals surface area (Å²) < 4.78 is 5.42. The van der Waals surface area contributed by atoms with Gasteiger partial charge in [-0.2, -0.15) is 0 Å². The molecule has 2 heterocycles. The van der Waals surface area contributed by atoms with Gasteiger partial charge in [0.2, 0.25) is 5.91 Å². The molecule has 6 nitrogen and oxygen atoms in total. The van der Waals surface area contributed by atoms with Crippen molar-refractivity contribution in [2.24, 2.45) is 11.8 Å². The highest BCUT2D eigenvalue weighted by Crippen LogP contribution is 2.52. The van der Waals surface area contributed by atoms with E-state index in [1.54, 1.807) is 14.0 Å². The minimum atomic E-state index is -1.08. The Labute approximate surface area is 117 Å². The van der Waals surface area contributed by atoms with Gasteiger partial charge < -0.3 is 19.8 Å². The number of hydrogen-bond donors (Lipinski definition) is 2. The van der Waals surface area contributed by atoms with Gasteiger partial charge in [0, 0.05) is 13.0 Å². The second-order valence-electron chi connectivity index (χ2n) is 5.84. The maximum atomic E-state index is 12.2. The first-order chi connectivity index (χ1) is 9.49. The van der Waals surface area contributed by atoms with Gasteiger partial charge in [-0.1, -0.05) is 0 Å². The molecule has 1 amide bonds. The molecule has 1 saturated carbocycles. The Morgan fingerprint density at radius 1 is 1.45 bits per heavy atom. The van der Waals surface area contributed by atoms with Crippen LogP contribution in [0.3, 0.4) is 0 Å². The van der Waals surface area contributed by atoms with Gasteiger partial charge in [0.05, 0.1) is 24.2 Å². The minimum absolute atomic E-state index is 0.0112. The molecule has 1 saturated heterocycles. The maximum Gasteiger partial charge on any atom is 0.352 e. The zero-order valence-electron chi connectivity index (χ0n) is 11.6. The summed E-state index contributed by atoms with van der Waals surface area (Å²) in [4.78, 5) is 25.1. The predicted molar refractivity (Wildman–Crippen MR) is 68.6 cm³/mol. The molecule has 0 spiro atoms. The van der Waals surface area contributed by atoms with Gasteiger partial charge in [0.1, 0.15) is 5.70 Å². The Morgan fingerprint density at radius 2 is 2.15 bits per heavy atom. The van der Waals surface area contributed by atoms with Crippen molar-refractivity contribution in [3.63, 3.8) is 0 Å². The van der Waals surface area contributed by atoms with Crippen LogP contribution in [-0.4, -0.2) is 52.3 Å². The minimum Gasteiger partial charge on any atom is -0.477 e. The zero-order chi connectivity index (χ0) is 14.6. The summed E-state index contributed by atoms with van der Waals surface area (Å²) in [6.07, 6.45) is 1.61. The molecule has 2 aliphatic heterocycles. The molecule has 0 aromatic carbocycles. The van der Waals surface area contributed by atoms with E-state index in [9.17, 15) is 19.8 Å². The van der Waals surface area contributed by atoms with Crippen molar-refractivity contribution in [3.05, 3.63) is 11.3 Å². The first-order valence-corrected chi connectivity index (χ1v) is 7.00. The van der Waals surface area contributed by atoms with Gasteiger partial charge in [-0.3, -0.25) is 4.79 Å². The van der Waals surface area contributed by atoms with Crippen LogP contribution in [0.4, 0.5) is 0 Å². The standard InChI is InChI=1S/C14H19NO5/c1-6(16)9-11-7-4-3-5-8(20-2)10(7)12(14(18)19)15(11)13(9)17/h6-9,11,16H,3-5H2,1-2H3,(H,18,19)/t6-,7-,8-,9-,11?/m1/s1. The molecule has 6 heteroatoms. The highest BCUT2D eigenvalue weighted by Gasteiger charge is 2.62. The monoisotopic (exact) mass is 281 g/mol. The number of hydrogen-bond acceptors (Lipinski definition) is 4. The number of carboxylic acid groups (broad SMARTS) is 1. The van der Waals surface area contributed by atoms with E-state index in [1.165, 1.54) is 4.90 Å². The van der Waals surface area contributed by atoms with Crippen LogP contribution >= 0.6 is 0 Å². The molecule has 3 rings (SSSR count). The number of aliphatic hydroxyl groups excluding tert-OH is 1. The molecule has 5 atom stereocenters. The number of amides is 1. The lowest BCUT2D eigenvalue weighted by molar-refractivity contribution is -0.163. The Balaban J connectivity index is 2.04. The summed E-state index contributed by atoms with van der Waals surface area (Å²) >= 11 is 0. The zero-order valence-corrected chi connectivity index (χ0v) is 11.6. The molecular weight excluding hydrogens is 262 g/mol. The van der Waals surface area contributed by atoms with E-state index in [0.29, 0.717) is 0 Å². The number of nitrogens with zero attached hydrogens (tertiary/aromatic N) is 1. The van der Waals surface area contributed by atoms with Gasteiger partial charge in [-0.15, -0.1) is 0 Å². The van der Waals surface area contributed by atoms with Crippen molar-refractivity contribution < 1.29 is 24.5 Å². The summed E-state index contributed by atoms with van der Waals surface area (Å²) in [5.74, 6) is -1.83. The lowest BCUT2D eigenvalue weighted by Crippen LogP contribution is -2.64. The van der Waals surface area contributed by atoms with E-state index >= 15 is 0 Å². The molecule has 3 aliphatic rings. The molecule has 0 bridgehead atoms. The highest BCUT2D eigenvalue weighted by molar-refractivity contribution is 6.00. The fourth-order valence-corrected chi connectivity index (χ4v) is 4.08. The van der Waals surface area contributed by atoms with Crippen LogP contribution in [0.2, 0.25) is 0 Å². The molecule has 2 fully saturated rings. The van der Waals surface area contributed by atoms with Crippen LogP contribution in [-0.2, 0) is 14.3 Å². The maximum absolute atomic E-state index is 12.2. The average molecular weight is 281 g/mol. The van der Waals surface area contributed by atoms with Gasteiger partial charge in [-0.05, 0) is 31.8 Å². The third-order valence-electron chi connectivity index (χ3n) is 4.85. The van der Waals surface area contributed by atoms with E-state index in [2.05, 4.69) is 0 Å². The number of aliphatic hydroxyl groups is 1. The molecule has 2 N–H and O–H groups in total. The van der Waals surface area contributed by atoms with Crippen molar-refractivity contribution in [3.8, 4) is 0 Å². The summed E-state index contributed by atoms with van der Waals surface area (Å²) in [5.41, 5.74) is 0.834. The first-order valence-electron chi connectivity index (χ1n) is 7.00. The Hall–Kier alpha value is -1.40. The Kier molecular flexibility index (Phi) is 3.10. The van der Waals surface area contributed by atoms with Gasteiger partial charge in [0.25, 0.3) is 0 Å². The molecule has 0 radical (unpaired) electrons. The number of β-lactam (4-membered cyclic amide) rings is 1. The van der Waals surface area contributed by atoms with E-state index in [-0.39, 0.29) is 29.7 Å². The Morgan fingerprint density at radius 3 is 2.70 bits per heavy atom. The molecule has 1 unspecified atom stereocenters. The quantitative estimate of drug-likeness (QED) is 0.729. The summed E-state index contributed by atoms with van der Waals surface area (Å²) in [6.45, 7) is 1.59. The second kappa shape index (κ2) is 4.56. The highest BCUT2D eigenvalue weighted by atomic mass is 16.5. The third-order valence-corrected chi connectivity index (χ3v) is 4.85. The summed E-state index contributed by atoms with van der Waals surface area (Å²) in [6, 6.07) is -0.207. The van der Waals surface area contributed by atoms with Crippen LogP contribution in [0, 0.1) is 11.8 Å². The van der Waals surface area contributed by atoms with Gasteiger partial charge in [0.15, 0.2) is 0 Å². The normalized spacial score (nSPS) is 37.4. The van der Waals surface area contributed by atoms with Crippen LogP contribution in [0.1, 0.15) is 26.2 Å². The molecular formula is C14H19NO5.